The highest BCUT2D eigenvalue weighted by Crippen LogP contribution is 2.14. The molecule has 0 atom stereocenters. The number of carbonyl (C=O) groups is 2. The van der Waals surface area contributed by atoms with Gasteiger partial charge in [-0.05, 0) is 31.4 Å². The SMILES string of the molecule is CN(Cc1ccccc1)C(=O)NCCC(=O)N1CCC(OCCCN)CC1. The summed E-state index contributed by atoms with van der Waals surface area (Å²) in [6.45, 7) is 3.66. The van der Waals surface area contributed by atoms with Crippen LogP contribution in [-0.4, -0.2) is 67.7 Å². The number of urea groups is 1. The second-order valence-corrected chi connectivity index (χ2v) is 6.92. The Hall–Kier alpha value is -2.12. The van der Waals surface area contributed by atoms with Gasteiger partial charge in [-0.2, -0.15) is 0 Å². The van der Waals surface area contributed by atoms with Gasteiger partial charge in [-0.15, -0.1) is 0 Å². The molecule has 1 aliphatic heterocycles. The van der Waals surface area contributed by atoms with E-state index in [9.17, 15) is 9.59 Å². The van der Waals surface area contributed by atoms with Crippen LogP contribution in [0, 0.1) is 0 Å². The Kier molecular flexibility index (Phi) is 9.07. The lowest BCUT2D eigenvalue weighted by Crippen LogP contribution is -2.43. The van der Waals surface area contributed by atoms with Crippen LogP contribution in [-0.2, 0) is 16.1 Å². The van der Waals surface area contributed by atoms with Gasteiger partial charge in [0.05, 0.1) is 6.10 Å². The summed E-state index contributed by atoms with van der Waals surface area (Å²) < 4.78 is 5.76. The number of ether oxygens (including phenoxy) is 1. The zero-order valence-corrected chi connectivity index (χ0v) is 16.2. The van der Waals surface area contributed by atoms with E-state index in [4.69, 9.17) is 10.5 Å². The van der Waals surface area contributed by atoms with Gasteiger partial charge in [-0.1, -0.05) is 30.3 Å². The molecule has 1 saturated heterocycles. The summed E-state index contributed by atoms with van der Waals surface area (Å²) in [4.78, 5) is 27.9. The van der Waals surface area contributed by atoms with E-state index >= 15 is 0 Å². The maximum Gasteiger partial charge on any atom is 0.317 e. The molecule has 7 heteroatoms. The van der Waals surface area contributed by atoms with Gasteiger partial charge in [0, 0.05) is 46.3 Å². The predicted octanol–water partition coefficient (Wildman–Crippen LogP) is 1.57. The minimum atomic E-state index is -0.168. The molecule has 0 saturated carbocycles. The van der Waals surface area contributed by atoms with Crippen LogP contribution >= 0.6 is 0 Å². The Morgan fingerprint density at radius 3 is 2.63 bits per heavy atom. The van der Waals surface area contributed by atoms with Crippen molar-refractivity contribution >= 4 is 11.9 Å². The molecule has 0 unspecified atom stereocenters. The molecule has 0 spiro atoms. The van der Waals surface area contributed by atoms with Gasteiger partial charge in [-0.3, -0.25) is 4.79 Å². The Morgan fingerprint density at radius 2 is 1.96 bits per heavy atom. The van der Waals surface area contributed by atoms with Gasteiger partial charge >= 0.3 is 6.03 Å². The second-order valence-electron chi connectivity index (χ2n) is 6.92. The number of nitrogens with one attached hydrogen (secondary N) is 1. The van der Waals surface area contributed by atoms with Crippen molar-refractivity contribution in [2.75, 3.05) is 39.8 Å². The first-order chi connectivity index (χ1) is 13.1. The molecule has 1 aromatic carbocycles. The molecule has 1 aliphatic rings. The minimum absolute atomic E-state index is 0.0846. The first-order valence-corrected chi connectivity index (χ1v) is 9.72. The van der Waals surface area contributed by atoms with Crippen molar-refractivity contribution in [1.29, 1.82) is 0 Å². The summed E-state index contributed by atoms with van der Waals surface area (Å²) in [6.07, 6.45) is 3.15. The summed E-state index contributed by atoms with van der Waals surface area (Å²) in [5.74, 6) is 0.0846. The lowest BCUT2D eigenvalue weighted by atomic mass is 10.1. The van der Waals surface area contributed by atoms with E-state index in [-0.39, 0.29) is 18.0 Å². The smallest absolute Gasteiger partial charge is 0.317 e. The van der Waals surface area contributed by atoms with E-state index < -0.39 is 0 Å². The molecule has 1 aromatic rings. The number of benzene rings is 1. The van der Waals surface area contributed by atoms with Crippen LogP contribution in [0.15, 0.2) is 30.3 Å². The van der Waals surface area contributed by atoms with E-state index in [0.29, 0.717) is 45.8 Å². The number of nitrogens with zero attached hydrogens (tertiary/aromatic N) is 2. The van der Waals surface area contributed by atoms with Gasteiger partial charge in [0.1, 0.15) is 0 Å². The average Bonchev–Trinajstić information content (AvgIpc) is 2.69. The lowest BCUT2D eigenvalue weighted by Gasteiger charge is -2.32. The van der Waals surface area contributed by atoms with Crippen molar-refractivity contribution in [1.82, 2.24) is 15.1 Å². The Morgan fingerprint density at radius 1 is 1.26 bits per heavy atom. The standard InChI is InChI=1S/C20H32N4O3/c1-23(16-17-6-3-2-4-7-17)20(26)22-12-8-19(25)24-13-9-18(10-14-24)27-15-5-11-21/h2-4,6-7,18H,5,8-16,21H2,1H3,(H,22,26). The molecule has 1 heterocycles. The van der Waals surface area contributed by atoms with Crippen molar-refractivity contribution < 1.29 is 14.3 Å². The van der Waals surface area contributed by atoms with Crippen molar-refractivity contribution in [3.8, 4) is 0 Å². The molecule has 0 bridgehead atoms. The van der Waals surface area contributed by atoms with E-state index in [2.05, 4.69) is 5.32 Å². The maximum atomic E-state index is 12.3. The number of hydrogen-bond donors (Lipinski definition) is 2. The third-order valence-electron chi connectivity index (χ3n) is 4.72. The lowest BCUT2D eigenvalue weighted by molar-refractivity contribution is -0.133. The highest BCUT2D eigenvalue weighted by molar-refractivity contribution is 5.78. The predicted molar refractivity (Wildman–Crippen MR) is 105 cm³/mol. The van der Waals surface area contributed by atoms with Crippen LogP contribution in [0.5, 0.6) is 0 Å². The highest BCUT2D eigenvalue weighted by Gasteiger charge is 2.23. The van der Waals surface area contributed by atoms with Crippen molar-refractivity contribution in [3.05, 3.63) is 35.9 Å². The quantitative estimate of drug-likeness (QED) is 0.641. The number of hydrogen-bond acceptors (Lipinski definition) is 4. The van der Waals surface area contributed by atoms with Crippen LogP contribution in [0.3, 0.4) is 0 Å². The Balaban J connectivity index is 1.61. The third-order valence-corrected chi connectivity index (χ3v) is 4.72. The fourth-order valence-electron chi connectivity index (χ4n) is 3.10. The van der Waals surface area contributed by atoms with Crippen LogP contribution in [0.4, 0.5) is 4.79 Å². The summed E-state index contributed by atoms with van der Waals surface area (Å²) >= 11 is 0. The van der Waals surface area contributed by atoms with Crippen molar-refractivity contribution in [2.45, 2.75) is 38.3 Å². The molecule has 27 heavy (non-hydrogen) atoms. The minimum Gasteiger partial charge on any atom is -0.378 e. The van der Waals surface area contributed by atoms with E-state index in [1.54, 1.807) is 11.9 Å². The Labute approximate surface area is 161 Å². The summed E-state index contributed by atoms with van der Waals surface area (Å²) in [5, 5.41) is 2.82. The fourth-order valence-corrected chi connectivity index (χ4v) is 3.10. The zero-order chi connectivity index (χ0) is 19.5. The number of amides is 3. The average molecular weight is 377 g/mol. The van der Waals surface area contributed by atoms with Crippen LogP contribution < -0.4 is 11.1 Å². The van der Waals surface area contributed by atoms with Crippen molar-refractivity contribution in [3.63, 3.8) is 0 Å². The van der Waals surface area contributed by atoms with Gasteiger partial charge in [-0.25, -0.2) is 4.79 Å². The largest absolute Gasteiger partial charge is 0.378 e. The number of carbonyl (C=O) groups excluding carboxylic acids is 2. The Bertz CT molecular complexity index is 574. The third kappa shape index (κ3) is 7.56. The van der Waals surface area contributed by atoms with Crippen LogP contribution in [0.2, 0.25) is 0 Å². The van der Waals surface area contributed by atoms with Gasteiger partial charge < -0.3 is 25.6 Å². The number of nitrogens with two attached hydrogens (primary N) is 1. The van der Waals surface area contributed by atoms with Crippen molar-refractivity contribution in [2.24, 2.45) is 5.73 Å². The molecule has 3 N–H and O–H groups in total. The number of piperidine rings is 1. The zero-order valence-electron chi connectivity index (χ0n) is 16.2. The van der Waals surface area contributed by atoms with Crippen LogP contribution in [0.25, 0.3) is 0 Å². The summed E-state index contributed by atoms with van der Waals surface area (Å²) in [6, 6.07) is 9.65. The fraction of sp³-hybridized carbons (Fsp3) is 0.600. The first kappa shape index (κ1) is 21.2. The van der Waals surface area contributed by atoms with Crippen LogP contribution in [0.1, 0.15) is 31.2 Å². The van der Waals surface area contributed by atoms with E-state index in [1.807, 2.05) is 35.2 Å². The van der Waals surface area contributed by atoms with Gasteiger partial charge in [0.15, 0.2) is 0 Å². The topological polar surface area (TPSA) is 87.9 Å². The van der Waals surface area contributed by atoms with Gasteiger partial charge in [0.25, 0.3) is 0 Å². The highest BCUT2D eigenvalue weighted by atomic mass is 16.5. The molecule has 3 amide bonds. The summed E-state index contributed by atoms with van der Waals surface area (Å²) in [7, 11) is 1.75. The second kappa shape index (κ2) is 11.6. The number of likely N-dealkylation sites (tertiary alicyclic amines) is 1. The molecule has 0 aliphatic carbocycles. The molecular weight excluding hydrogens is 344 g/mol. The monoisotopic (exact) mass is 376 g/mol. The van der Waals surface area contributed by atoms with E-state index in [0.717, 1.165) is 24.8 Å². The molecule has 0 radical (unpaired) electrons. The molecule has 1 fully saturated rings. The molecule has 7 nitrogen and oxygen atoms in total. The molecule has 0 aromatic heterocycles. The normalized spacial score (nSPS) is 14.8. The molecule has 150 valence electrons. The summed E-state index contributed by atoms with van der Waals surface area (Å²) in [5.41, 5.74) is 6.54. The molecule has 2 rings (SSSR count). The maximum absolute atomic E-state index is 12.3. The van der Waals surface area contributed by atoms with Gasteiger partial charge in [0.2, 0.25) is 5.91 Å². The first-order valence-electron chi connectivity index (χ1n) is 9.72. The molecular formula is C20H32N4O3. The van der Waals surface area contributed by atoms with E-state index in [1.165, 1.54) is 0 Å². The number of rotatable bonds is 9.